The maximum absolute atomic E-state index is 13.7. The summed E-state index contributed by atoms with van der Waals surface area (Å²) < 4.78 is 29.8. The van der Waals surface area contributed by atoms with Crippen molar-refractivity contribution in [2.45, 2.75) is 18.3 Å². The zero-order valence-corrected chi connectivity index (χ0v) is 16.0. The van der Waals surface area contributed by atoms with Gasteiger partial charge in [-0.05, 0) is 31.2 Å². The number of nitrogens with zero attached hydrogens (tertiary/aromatic N) is 2. The molecule has 1 N–H and O–H groups in total. The van der Waals surface area contributed by atoms with Crippen LogP contribution in [0.15, 0.2) is 58.2 Å². The number of benzene rings is 2. The van der Waals surface area contributed by atoms with Gasteiger partial charge in [-0.3, -0.25) is 4.79 Å². The van der Waals surface area contributed by atoms with Crippen molar-refractivity contribution in [3.8, 4) is 11.5 Å². The van der Waals surface area contributed by atoms with Crippen LogP contribution in [-0.2, 0) is 4.79 Å². The maximum Gasteiger partial charge on any atom is 0.277 e. The lowest BCUT2D eigenvalue weighted by atomic mass is 10.3. The summed E-state index contributed by atoms with van der Waals surface area (Å²) in [6.45, 7) is 1.67. The first kappa shape index (κ1) is 19.7. The molecular formula is C19H18FN3O4S. The SMILES string of the molecule is COc1ccccc1NC(=O)CSc1nnc([C@@H](C)Oc2ccccc2F)o1. The molecule has 0 fully saturated rings. The third-order valence-electron chi connectivity index (χ3n) is 3.62. The molecule has 2 aromatic carbocycles. The number of thioether (sulfide) groups is 1. The van der Waals surface area contributed by atoms with Crippen molar-refractivity contribution in [1.82, 2.24) is 10.2 Å². The third kappa shape index (κ3) is 5.01. The van der Waals surface area contributed by atoms with Gasteiger partial charge in [0.2, 0.25) is 5.91 Å². The number of carbonyl (C=O) groups excluding carboxylic acids is 1. The van der Waals surface area contributed by atoms with Gasteiger partial charge in [0.05, 0.1) is 18.6 Å². The van der Waals surface area contributed by atoms with Crippen LogP contribution < -0.4 is 14.8 Å². The van der Waals surface area contributed by atoms with Crippen molar-refractivity contribution in [2.75, 3.05) is 18.2 Å². The van der Waals surface area contributed by atoms with Crippen LogP contribution in [0.2, 0.25) is 0 Å². The number of halogens is 1. The molecule has 0 bridgehead atoms. The second-order valence-corrected chi connectivity index (χ2v) is 6.56. The highest BCUT2D eigenvalue weighted by atomic mass is 32.2. The summed E-state index contributed by atoms with van der Waals surface area (Å²) in [6.07, 6.45) is -0.638. The monoisotopic (exact) mass is 403 g/mol. The van der Waals surface area contributed by atoms with Gasteiger partial charge in [0, 0.05) is 0 Å². The van der Waals surface area contributed by atoms with Gasteiger partial charge in [-0.2, -0.15) is 0 Å². The Labute approximate surface area is 165 Å². The van der Waals surface area contributed by atoms with Gasteiger partial charge < -0.3 is 19.2 Å². The molecule has 0 spiro atoms. The van der Waals surface area contributed by atoms with Crippen molar-refractivity contribution in [3.63, 3.8) is 0 Å². The molecule has 0 aliphatic rings. The van der Waals surface area contributed by atoms with Crippen molar-refractivity contribution in [1.29, 1.82) is 0 Å². The molecule has 28 heavy (non-hydrogen) atoms. The number of nitrogens with one attached hydrogen (secondary N) is 1. The Morgan fingerprint density at radius 2 is 1.89 bits per heavy atom. The third-order valence-corrected chi connectivity index (χ3v) is 4.44. The van der Waals surface area contributed by atoms with E-state index in [-0.39, 0.29) is 28.5 Å². The van der Waals surface area contributed by atoms with E-state index in [1.165, 1.54) is 19.2 Å². The zero-order chi connectivity index (χ0) is 19.9. The summed E-state index contributed by atoms with van der Waals surface area (Å²) in [7, 11) is 1.53. The second kappa shape index (κ2) is 9.23. The van der Waals surface area contributed by atoms with Gasteiger partial charge in [-0.15, -0.1) is 10.2 Å². The minimum absolute atomic E-state index is 0.0717. The largest absolute Gasteiger partial charge is 0.495 e. The van der Waals surface area contributed by atoms with Crippen LogP contribution in [0.25, 0.3) is 0 Å². The van der Waals surface area contributed by atoms with E-state index in [1.54, 1.807) is 37.3 Å². The Kier molecular flexibility index (Phi) is 6.49. The highest BCUT2D eigenvalue weighted by Gasteiger charge is 2.18. The first-order chi connectivity index (χ1) is 13.6. The molecule has 7 nitrogen and oxygen atoms in total. The summed E-state index contributed by atoms with van der Waals surface area (Å²) in [5, 5.41) is 10.8. The van der Waals surface area contributed by atoms with E-state index >= 15 is 0 Å². The minimum Gasteiger partial charge on any atom is -0.495 e. The van der Waals surface area contributed by atoms with Crippen LogP contribution in [-0.4, -0.2) is 29.0 Å². The highest BCUT2D eigenvalue weighted by Crippen LogP contribution is 2.26. The molecular weight excluding hydrogens is 385 g/mol. The van der Waals surface area contributed by atoms with Crippen LogP contribution in [0.3, 0.4) is 0 Å². The number of ether oxygens (including phenoxy) is 2. The molecule has 3 aromatic rings. The Bertz CT molecular complexity index is 950. The predicted octanol–water partition coefficient (Wildman–Crippen LogP) is 4.09. The Balaban J connectivity index is 1.54. The molecule has 9 heteroatoms. The first-order valence-corrected chi connectivity index (χ1v) is 9.35. The minimum atomic E-state index is -0.638. The van der Waals surface area contributed by atoms with E-state index in [2.05, 4.69) is 15.5 Å². The van der Waals surface area contributed by atoms with Crippen molar-refractivity contribution in [3.05, 3.63) is 60.2 Å². The molecule has 0 saturated heterocycles. The fourth-order valence-electron chi connectivity index (χ4n) is 2.29. The number of amides is 1. The fraction of sp³-hybridized carbons (Fsp3) is 0.211. The predicted molar refractivity (Wildman–Crippen MR) is 102 cm³/mol. The van der Waals surface area contributed by atoms with Gasteiger partial charge in [0.1, 0.15) is 5.75 Å². The Morgan fingerprint density at radius 1 is 1.18 bits per heavy atom. The van der Waals surface area contributed by atoms with Gasteiger partial charge in [0.15, 0.2) is 17.7 Å². The molecule has 1 atom stereocenters. The molecule has 1 aromatic heterocycles. The number of hydrogen-bond acceptors (Lipinski definition) is 7. The van der Waals surface area contributed by atoms with E-state index in [0.717, 1.165) is 11.8 Å². The fourth-order valence-corrected chi connectivity index (χ4v) is 2.86. The van der Waals surface area contributed by atoms with E-state index in [9.17, 15) is 9.18 Å². The van der Waals surface area contributed by atoms with E-state index < -0.39 is 11.9 Å². The van der Waals surface area contributed by atoms with Crippen LogP contribution in [0.1, 0.15) is 18.9 Å². The van der Waals surface area contributed by atoms with Gasteiger partial charge in [-0.1, -0.05) is 36.0 Å². The lowest BCUT2D eigenvalue weighted by Gasteiger charge is -2.11. The van der Waals surface area contributed by atoms with Crippen molar-refractivity contribution >= 4 is 23.4 Å². The molecule has 146 valence electrons. The average molecular weight is 403 g/mol. The van der Waals surface area contributed by atoms with Gasteiger partial charge in [0.25, 0.3) is 11.1 Å². The molecule has 1 heterocycles. The number of methoxy groups -OCH3 is 1. The molecule has 3 rings (SSSR count). The van der Waals surface area contributed by atoms with E-state index in [4.69, 9.17) is 13.9 Å². The van der Waals surface area contributed by atoms with E-state index in [1.807, 2.05) is 6.07 Å². The van der Waals surface area contributed by atoms with Crippen LogP contribution in [0.4, 0.5) is 10.1 Å². The first-order valence-electron chi connectivity index (χ1n) is 8.37. The normalized spacial score (nSPS) is 11.7. The summed E-state index contributed by atoms with van der Waals surface area (Å²) >= 11 is 1.09. The number of hydrogen-bond donors (Lipinski definition) is 1. The standard InChI is InChI=1S/C19H18FN3O4S/c1-12(26-15-9-5-3-7-13(15)20)18-22-23-19(27-18)28-11-17(24)21-14-8-4-6-10-16(14)25-2/h3-10,12H,11H2,1-2H3,(H,21,24)/t12-/m1/s1. The highest BCUT2D eigenvalue weighted by molar-refractivity contribution is 7.99. The Morgan fingerprint density at radius 3 is 2.64 bits per heavy atom. The van der Waals surface area contributed by atoms with Crippen LogP contribution in [0.5, 0.6) is 11.5 Å². The summed E-state index contributed by atoms with van der Waals surface area (Å²) in [4.78, 5) is 12.1. The molecule has 1 amide bonds. The topological polar surface area (TPSA) is 86.5 Å². The lowest BCUT2D eigenvalue weighted by Crippen LogP contribution is -2.14. The number of carbonyl (C=O) groups is 1. The molecule has 0 radical (unpaired) electrons. The summed E-state index contributed by atoms with van der Waals surface area (Å²) in [5.74, 6) is 0.207. The molecule has 0 aliphatic heterocycles. The quantitative estimate of drug-likeness (QED) is 0.567. The van der Waals surface area contributed by atoms with Crippen molar-refractivity contribution in [2.24, 2.45) is 0 Å². The number of para-hydroxylation sites is 3. The lowest BCUT2D eigenvalue weighted by molar-refractivity contribution is -0.113. The maximum atomic E-state index is 13.7. The molecule has 0 unspecified atom stereocenters. The van der Waals surface area contributed by atoms with Crippen LogP contribution >= 0.6 is 11.8 Å². The van der Waals surface area contributed by atoms with Crippen LogP contribution in [0, 0.1) is 5.82 Å². The number of rotatable bonds is 8. The molecule has 0 saturated carbocycles. The van der Waals surface area contributed by atoms with Crippen molar-refractivity contribution < 1.29 is 23.1 Å². The number of anilines is 1. The second-order valence-electron chi connectivity index (χ2n) is 5.63. The summed E-state index contributed by atoms with van der Waals surface area (Å²) in [6, 6.07) is 13.2. The number of aromatic nitrogens is 2. The molecule has 0 aliphatic carbocycles. The Hall–Kier alpha value is -3.07. The zero-order valence-electron chi connectivity index (χ0n) is 15.2. The smallest absolute Gasteiger partial charge is 0.277 e. The van der Waals surface area contributed by atoms with Gasteiger partial charge >= 0.3 is 0 Å². The van der Waals surface area contributed by atoms with E-state index in [0.29, 0.717) is 11.4 Å². The van der Waals surface area contributed by atoms with Gasteiger partial charge in [-0.25, -0.2) is 4.39 Å². The average Bonchev–Trinajstić information content (AvgIpc) is 3.18. The summed E-state index contributed by atoms with van der Waals surface area (Å²) in [5.41, 5.74) is 0.578.